The standard InChI is InChI=1S/C15H25NO2/c1-11(2)13-10-14(16)12(3)9-15(13)18-8-6-5-7-17-4/h9-11H,5-8,16H2,1-4H3. The van der Waals surface area contributed by atoms with Crippen molar-refractivity contribution in [2.45, 2.75) is 39.5 Å². The van der Waals surface area contributed by atoms with E-state index in [-0.39, 0.29) is 0 Å². The Morgan fingerprint density at radius 3 is 2.44 bits per heavy atom. The molecule has 0 heterocycles. The zero-order valence-electron chi connectivity index (χ0n) is 12.0. The van der Waals surface area contributed by atoms with Crippen molar-refractivity contribution in [3.63, 3.8) is 0 Å². The summed E-state index contributed by atoms with van der Waals surface area (Å²) >= 11 is 0. The maximum Gasteiger partial charge on any atom is 0.123 e. The highest BCUT2D eigenvalue weighted by Gasteiger charge is 2.10. The molecule has 2 N–H and O–H groups in total. The van der Waals surface area contributed by atoms with Gasteiger partial charge in [0.2, 0.25) is 0 Å². The topological polar surface area (TPSA) is 44.5 Å². The average molecular weight is 251 g/mol. The molecule has 3 nitrogen and oxygen atoms in total. The van der Waals surface area contributed by atoms with Gasteiger partial charge in [-0.05, 0) is 48.9 Å². The minimum atomic E-state index is 0.418. The summed E-state index contributed by atoms with van der Waals surface area (Å²) in [5, 5.41) is 0. The Labute approximate surface area is 110 Å². The third-order valence-corrected chi connectivity index (χ3v) is 3.02. The number of unbranched alkanes of at least 4 members (excludes halogenated alkanes) is 1. The van der Waals surface area contributed by atoms with Gasteiger partial charge in [0.1, 0.15) is 5.75 Å². The van der Waals surface area contributed by atoms with Crippen LogP contribution in [0.15, 0.2) is 12.1 Å². The average Bonchev–Trinajstić information content (AvgIpc) is 2.32. The van der Waals surface area contributed by atoms with Gasteiger partial charge in [-0.2, -0.15) is 0 Å². The van der Waals surface area contributed by atoms with Gasteiger partial charge in [0.05, 0.1) is 6.61 Å². The van der Waals surface area contributed by atoms with Crippen molar-refractivity contribution in [1.82, 2.24) is 0 Å². The number of nitrogens with two attached hydrogens (primary N) is 1. The summed E-state index contributed by atoms with van der Waals surface area (Å²) < 4.78 is 10.9. The highest BCUT2D eigenvalue weighted by molar-refractivity contribution is 5.55. The largest absolute Gasteiger partial charge is 0.493 e. The first-order valence-corrected chi connectivity index (χ1v) is 6.58. The summed E-state index contributed by atoms with van der Waals surface area (Å²) in [5.41, 5.74) is 9.05. The number of rotatable bonds is 7. The van der Waals surface area contributed by atoms with E-state index in [1.54, 1.807) is 7.11 Å². The molecule has 0 atom stereocenters. The number of nitrogen functional groups attached to an aromatic ring is 1. The Balaban J connectivity index is 2.65. The highest BCUT2D eigenvalue weighted by atomic mass is 16.5. The lowest BCUT2D eigenvalue weighted by atomic mass is 9.99. The maximum atomic E-state index is 5.95. The van der Waals surface area contributed by atoms with E-state index in [2.05, 4.69) is 13.8 Å². The molecule has 0 aliphatic rings. The third kappa shape index (κ3) is 4.22. The zero-order chi connectivity index (χ0) is 13.5. The molecule has 0 aliphatic heterocycles. The molecule has 0 fully saturated rings. The van der Waals surface area contributed by atoms with Crippen molar-refractivity contribution in [2.24, 2.45) is 0 Å². The van der Waals surface area contributed by atoms with E-state index >= 15 is 0 Å². The third-order valence-electron chi connectivity index (χ3n) is 3.02. The molecule has 0 amide bonds. The number of ether oxygens (including phenoxy) is 2. The molecule has 0 unspecified atom stereocenters. The van der Waals surface area contributed by atoms with Crippen LogP contribution in [0.3, 0.4) is 0 Å². The van der Waals surface area contributed by atoms with E-state index < -0.39 is 0 Å². The summed E-state index contributed by atoms with van der Waals surface area (Å²) in [5.74, 6) is 1.39. The fourth-order valence-corrected chi connectivity index (χ4v) is 1.82. The highest BCUT2D eigenvalue weighted by Crippen LogP contribution is 2.31. The van der Waals surface area contributed by atoms with E-state index in [1.807, 2.05) is 19.1 Å². The molecule has 0 radical (unpaired) electrons. The van der Waals surface area contributed by atoms with Crippen LogP contribution in [0.1, 0.15) is 43.7 Å². The van der Waals surface area contributed by atoms with E-state index in [9.17, 15) is 0 Å². The molecule has 0 spiro atoms. The number of hydrogen-bond donors (Lipinski definition) is 1. The van der Waals surface area contributed by atoms with Gasteiger partial charge in [-0.3, -0.25) is 0 Å². The molecule has 1 aromatic carbocycles. The lowest BCUT2D eigenvalue weighted by Gasteiger charge is -2.16. The predicted octanol–water partition coefficient (Wildman–Crippen LogP) is 3.51. The normalized spacial score (nSPS) is 10.9. The second-order valence-corrected chi connectivity index (χ2v) is 4.95. The number of methoxy groups -OCH3 is 1. The summed E-state index contributed by atoms with van der Waals surface area (Å²) in [7, 11) is 1.72. The first-order chi connectivity index (χ1) is 8.56. The summed E-state index contributed by atoms with van der Waals surface area (Å²) in [4.78, 5) is 0. The lowest BCUT2D eigenvalue weighted by Crippen LogP contribution is -2.04. The Morgan fingerprint density at radius 2 is 1.83 bits per heavy atom. The fraction of sp³-hybridized carbons (Fsp3) is 0.600. The molecule has 1 rings (SSSR count). The van der Waals surface area contributed by atoms with Gasteiger partial charge in [-0.1, -0.05) is 13.8 Å². The van der Waals surface area contributed by atoms with Gasteiger partial charge < -0.3 is 15.2 Å². The summed E-state index contributed by atoms with van der Waals surface area (Å²) in [6.07, 6.45) is 2.04. The van der Waals surface area contributed by atoms with Crippen LogP contribution < -0.4 is 10.5 Å². The molecule has 0 aliphatic carbocycles. The molecule has 0 bridgehead atoms. The summed E-state index contributed by atoms with van der Waals surface area (Å²) in [6, 6.07) is 4.07. The van der Waals surface area contributed by atoms with Crippen molar-refractivity contribution in [3.05, 3.63) is 23.3 Å². The lowest BCUT2D eigenvalue weighted by molar-refractivity contribution is 0.184. The Hall–Kier alpha value is -1.22. The van der Waals surface area contributed by atoms with E-state index in [0.717, 1.165) is 43.1 Å². The van der Waals surface area contributed by atoms with Crippen molar-refractivity contribution in [3.8, 4) is 5.75 Å². The Morgan fingerprint density at radius 1 is 1.17 bits per heavy atom. The monoisotopic (exact) mass is 251 g/mol. The van der Waals surface area contributed by atoms with Crippen molar-refractivity contribution < 1.29 is 9.47 Å². The first kappa shape index (κ1) is 14.8. The van der Waals surface area contributed by atoms with Gasteiger partial charge in [-0.25, -0.2) is 0 Å². The molecular formula is C15H25NO2. The van der Waals surface area contributed by atoms with Crippen LogP contribution in [-0.2, 0) is 4.74 Å². The van der Waals surface area contributed by atoms with E-state index in [4.69, 9.17) is 15.2 Å². The van der Waals surface area contributed by atoms with Gasteiger partial charge in [0.15, 0.2) is 0 Å². The van der Waals surface area contributed by atoms with Gasteiger partial charge >= 0.3 is 0 Å². The number of hydrogen-bond acceptors (Lipinski definition) is 3. The van der Waals surface area contributed by atoms with Crippen molar-refractivity contribution in [2.75, 3.05) is 26.1 Å². The quantitative estimate of drug-likeness (QED) is 0.596. The summed E-state index contributed by atoms with van der Waals surface area (Å²) in [6.45, 7) is 7.84. The van der Waals surface area contributed by atoms with Crippen LogP contribution in [0.2, 0.25) is 0 Å². The van der Waals surface area contributed by atoms with Crippen LogP contribution in [0, 0.1) is 6.92 Å². The van der Waals surface area contributed by atoms with Crippen LogP contribution in [0.5, 0.6) is 5.75 Å². The Bertz CT molecular complexity index is 375. The molecule has 3 heteroatoms. The van der Waals surface area contributed by atoms with Gasteiger partial charge in [0, 0.05) is 19.4 Å². The van der Waals surface area contributed by atoms with Crippen LogP contribution >= 0.6 is 0 Å². The zero-order valence-corrected chi connectivity index (χ0v) is 12.0. The Kier molecular flexibility index (Phi) is 5.99. The second-order valence-electron chi connectivity index (χ2n) is 4.95. The predicted molar refractivity (Wildman–Crippen MR) is 76.3 cm³/mol. The molecule has 18 heavy (non-hydrogen) atoms. The molecule has 1 aromatic rings. The maximum absolute atomic E-state index is 5.95. The molecule has 0 saturated carbocycles. The minimum Gasteiger partial charge on any atom is -0.493 e. The first-order valence-electron chi connectivity index (χ1n) is 6.58. The second kappa shape index (κ2) is 7.27. The molecule has 0 saturated heterocycles. The van der Waals surface area contributed by atoms with E-state index in [1.165, 1.54) is 5.56 Å². The van der Waals surface area contributed by atoms with E-state index in [0.29, 0.717) is 5.92 Å². The minimum absolute atomic E-state index is 0.418. The van der Waals surface area contributed by atoms with Crippen molar-refractivity contribution >= 4 is 5.69 Å². The SMILES string of the molecule is COCCCCOc1cc(C)c(N)cc1C(C)C. The fourth-order valence-electron chi connectivity index (χ4n) is 1.82. The van der Waals surface area contributed by atoms with Gasteiger partial charge in [0.25, 0.3) is 0 Å². The van der Waals surface area contributed by atoms with Crippen LogP contribution in [0.25, 0.3) is 0 Å². The number of benzene rings is 1. The molecular weight excluding hydrogens is 226 g/mol. The molecule has 102 valence electrons. The van der Waals surface area contributed by atoms with Gasteiger partial charge in [-0.15, -0.1) is 0 Å². The van der Waals surface area contributed by atoms with Crippen LogP contribution in [0.4, 0.5) is 5.69 Å². The molecule has 0 aromatic heterocycles. The smallest absolute Gasteiger partial charge is 0.123 e. The number of aryl methyl sites for hydroxylation is 1. The number of anilines is 1. The van der Waals surface area contributed by atoms with Crippen LogP contribution in [-0.4, -0.2) is 20.3 Å². The van der Waals surface area contributed by atoms with Crippen molar-refractivity contribution in [1.29, 1.82) is 0 Å².